The third kappa shape index (κ3) is 9.81. The Kier molecular flexibility index (Phi) is 13.9. The summed E-state index contributed by atoms with van der Waals surface area (Å²) in [5.74, 6) is 0.545. The third-order valence-corrected chi connectivity index (χ3v) is 11.4. The number of halogens is 6. The summed E-state index contributed by atoms with van der Waals surface area (Å²) in [5.41, 5.74) is 0. The van der Waals surface area contributed by atoms with Gasteiger partial charge in [0, 0.05) is 26.2 Å². The van der Waals surface area contributed by atoms with Crippen molar-refractivity contribution in [3.05, 3.63) is 0 Å². The van der Waals surface area contributed by atoms with E-state index >= 15 is 0 Å². The molecule has 0 heterocycles. The normalized spacial score (nSPS) is 19.1. The van der Waals surface area contributed by atoms with Crippen molar-refractivity contribution in [1.82, 2.24) is 0 Å². The molecule has 0 aliphatic heterocycles. The van der Waals surface area contributed by atoms with Crippen LogP contribution in [-0.4, -0.2) is 50.1 Å². The van der Waals surface area contributed by atoms with Gasteiger partial charge in [-0.1, -0.05) is 63.7 Å². The molecule has 0 N–H and O–H groups in total. The standard InChI is InChI=1S/C9H15Br4Cl2P/c10-1-7(12)4-16(5-8(13)2-11)6-9(15)3-14/h7-9H,1-6H2. The lowest BCUT2D eigenvalue weighted by Crippen LogP contribution is -2.17. The van der Waals surface area contributed by atoms with Crippen molar-refractivity contribution in [2.75, 3.05) is 35.0 Å². The average Bonchev–Trinajstić information content (AvgIpc) is 2.28. The van der Waals surface area contributed by atoms with Crippen LogP contribution in [0.5, 0.6) is 0 Å². The quantitative estimate of drug-likeness (QED) is 0.261. The maximum Gasteiger partial charge on any atom is 0.0510 e. The molecular weight excluding hydrogens is 530 g/mol. The minimum Gasteiger partial charge on any atom is -0.125 e. The molecule has 0 spiro atoms. The van der Waals surface area contributed by atoms with Crippen LogP contribution in [-0.2, 0) is 0 Å². The predicted octanol–water partition coefficient (Wildman–Crippen LogP) is 5.63. The van der Waals surface area contributed by atoms with Gasteiger partial charge in [0.15, 0.2) is 0 Å². The van der Waals surface area contributed by atoms with Crippen LogP contribution in [0.1, 0.15) is 0 Å². The number of hydrogen-bond acceptors (Lipinski definition) is 0. The Bertz CT molecular complexity index is 147. The van der Waals surface area contributed by atoms with Crippen molar-refractivity contribution in [2.45, 2.75) is 15.0 Å². The van der Waals surface area contributed by atoms with Crippen LogP contribution in [0.2, 0.25) is 0 Å². The van der Waals surface area contributed by atoms with Gasteiger partial charge >= 0.3 is 0 Å². The van der Waals surface area contributed by atoms with Gasteiger partial charge in [-0.3, -0.25) is 0 Å². The molecule has 0 saturated carbocycles. The van der Waals surface area contributed by atoms with Gasteiger partial charge in [-0.05, 0) is 18.5 Å². The van der Waals surface area contributed by atoms with Crippen LogP contribution in [0.15, 0.2) is 0 Å². The highest BCUT2D eigenvalue weighted by Crippen LogP contribution is 2.42. The lowest BCUT2D eigenvalue weighted by atomic mass is 10.5. The van der Waals surface area contributed by atoms with Gasteiger partial charge in [0.2, 0.25) is 0 Å². The molecule has 0 nitrogen and oxygen atoms in total. The molecular formula is C9H15Br4Cl2P. The Balaban J connectivity index is 4.15. The highest BCUT2D eigenvalue weighted by atomic mass is 79.9. The largest absolute Gasteiger partial charge is 0.125 e. The summed E-state index contributed by atoms with van der Waals surface area (Å²) < 4.78 is 0. The first-order valence-corrected chi connectivity index (χ1v) is 11.8. The van der Waals surface area contributed by atoms with Crippen molar-refractivity contribution < 1.29 is 0 Å². The van der Waals surface area contributed by atoms with Gasteiger partial charge < -0.3 is 0 Å². The van der Waals surface area contributed by atoms with Crippen LogP contribution in [0.4, 0.5) is 0 Å². The summed E-state index contributed by atoms with van der Waals surface area (Å²) >= 11 is 26.2. The molecule has 0 amide bonds. The maximum atomic E-state index is 6.14. The minimum atomic E-state index is -0.0665. The summed E-state index contributed by atoms with van der Waals surface area (Å²) in [6.07, 6.45) is 3.43. The van der Waals surface area contributed by atoms with E-state index in [-0.39, 0.29) is 13.3 Å². The number of rotatable bonds is 9. The van der Waals surface area contributed by atoms with E-state index < -0.39 is 0 Å². The number of alkyl halides is 6. The topological polar surface area (TPSA) is 0 Å². The smallest absolute Gasteiger partial charge is 0.0510 e. The van der Waals surface area contributed by atoms with E-state index in [1.807, 2.05) is 0 Å². The van der Waals surface area contributed by atoms with E-state index in [9.17, 15) is 0 Å². The fourth-order valence-electron chi connectivity index (χ4n) is 1.21. The van der Waals surface area contributed by atoms with Crippen molar-refractivity contribution in [3.8, 4) is 0 Å². The van der Waals surface area contributed by atoms with Crippen molar-refractivity contribution >= 4 is 94.8 Å². The maximum absolute atomic E-state index is 6.14. The first kappa shape index (κ1) is 18.9. The van der Waals surface area contributed by atoms with E-state index in [2.05, 4.69) is 63.7 Å². The zero-order valence-corrected chi connectivity index (χ0v) is 17.4. The molecule has 0 aliphatic carbocycles. The minimum absolute atomic E-state index is 0.0665. The summed E-state index contributed by atoms with van der Waals surface area (Å²) in [6, 6.07) is 0. The Hall–Kier alpha value is 2.93. The number of hydrogen-bond donors (Lipinski definition) is 0. The molecule has 16 heavy (non-hydrogen) atoms. The molecule has 0 aliphatic rings. The first-order chi connectivity index (χ1) is 7.53. The molecule has 0 fully saturated rings. The van der Waals surface area contributed by atoms with Gasteiger partial charge in [-0.2, -0.15) is 0 Å². The highest BCUT2D eigenvalue weighted by molar-refractivity contribution is 9.12. The van der Waals surface area contributed by atoms with Crippen LogP contribution in [0, 0.1) is 0 Å². The SMILES string of the molecule is ClCC(Cl)CP(CC(Br)CBr)CC(Br)CBr. The molecule has 0 bridgehead atoms. The predicted molar refractivity (Wildman–Crippen MR) is 94.9 cm³/mol. The zero-order valence-electron chi connectivity index (χ0n) is 8.69. The van der Waals surface area contributed by atoms with Crippen molar-refractivity contribution in [3.63, 3.8) is 0 Å². The van der Waals surface area contributed by atoms with E-state index in [1.54, 1.807) is 0 Å². The van der Waals surface area contributed by atoms with Gasteiger partial charge in [0.05, 0.1) is 5.38 Å². The fourth-order valence-corrected chi connectivity index (χ4v) is 8.20. The summed E-state index contributed by atoms with van der Waals surface area (Å²) in [6.45, 7) is 0. The molecule has 0 aromatic carbocycles. The fraction of sp³-hybridized carbons (Fsp3) is 1.00. The van der Waals surface area contributed by atoms with E-state index in [0.717, 1.165) is 16.8 Å². The summed E-state index contributed by atoms with van der Waals surface area (Å²) in [4.78, 5) is 1.07. The average molecular weight is 545 g/mol. The second-order valence-corrected chi connectivity index (χ2v) is 10.7. The molecule has 0 aromatic rings. The Morgan fingerprint density at radius 1 is 0.938 bits per heavy atom. The summed E-state index contributed by atoms with van der Waals surface area (Å²) in [7, 11) is -0.0665. The lowest BCUT2D eigenvalue weighted by molar-refractivity contribution is 1.06. The summed E-state index contributed by atoms with van der Waals surface area (Å²) in [5, 5.41) is 2.08. The molecule has 98 valence electrons. The van der Waals surface area contributed by atoms with Crippen molar-refractivity contribution in [2.24, 2.45) is 0 Å². The Labute approximate surface area is 143 Å². The molecule has 0 rings (SSSR count). The third-order valence-electron chi connectivity index (χ3n) is 1.87. The van der Waals surface area contributed by atoms with E-state index in [0.29, 0.717) is 15.5 Å². The first-order valence-electron chi connectivity index (χ1n) is 4.85. The Morgan fingerprint density at radius 3 is 1.69 bits per heavy atom. The molecule has 3 atom stereocenters. The van der Waals surface area contributed by atoms with Crippen molar-refractivity contribution in [1.29, 1.82) is 0 Å². The molecule has 0 saturated heterocycles. The lowest BCUT2D eigenvalue weighted by Gasteiger charge is -2.23. The molecule has 3 unspecified atom stereocenters. The van der Waals surface area contributed by atoms with E-state index in [1.165, 1.54) is 12.3 Å². The van der Waals surface area contributed by atoms with Gasteiger partial charge in [0.1, 0.15) is 0 Å². The molecule has 0 aromatic heterocycles. The van der Waals surface area contributed by atoms with Crippen LogP contribution in [0.3, 0.4) is 0 Å². The van der Waals surface area contributed by atoms with Crippen LogP contribution in [0.25, 0.3) is 0 Å². The molecule has 0 radical (unpaired) electrons. The Morgan fingerprint density at radius 2 is 1.38 bits per heavy atom. The van der Waals surface area contributed by atoms with Gasteiger partial charge in [-0.25, -0.2) is 0 Å². The van der Waals surface area contributed by atoms with Crippen LogP contribution >= 0.6 is 94.8 Å². The monoisotopic (exact) mass is 540 g/mol. The zero-order chi connectivity index (χ0) is 12.6. The second-order valence-electron chi connectivity index (χ2n) is 3.47. The molecule has 7 heteroatoms. The second kappa shape index (κ2) is 11.7. The van der Waals surface area contributed by atoms with Gasteiger partial charge in [-0.15, -0.1) is 31.1 Å². The van der Waals surface area contributed by atoms with Crippen LogP contribution < -0.4 is 0 Å². The highest BCUT2D eigenvalue weighted by Gasteiger charge is 2.19. The van der Waals surface area contributed by atoms with Gasteiger partial charge in [0.25, 0.3) is 0 Å². The van der Waals surface area contributed by atoms with E-state index in [4.69, 9.17) is 23.2 Å².